The van der Waals surface area contributed by atoms with Crippen LogP contribution >= 0.6 is 0 Å². The van der Waals surface area contributed by atoms with Crippen LogP contribution in [0.1, 0.15) is 29.9 Å². The number of anilines is 1. The molecule has 0 unspecified atom stereocenters. The molecule has 2 aliphatic heterocycles. The Bertz CT molecular complexity index is 1290. The first-order valence-electron chi connectivity index (χ1n) is 10.4. The molecule has 3 N–H and O–H groups in total. The summed E-state index contributed by atoms with van der Waals surface area (Å²) in [6.07, 6.45) is 1.39. The molecular formula is C22H24FN5O5S. The lowest BCUT2D eigenvalue weighted by Gasteiger charge is -2.54. The summed E-state index contributed by atoms with van der Waals surface area (Å²) in [7, 11) is -2.44. The number of amidine groups is 1. The van der Waals surface area contributed by atoms with Crippen molar-refractivity contribution >= 4 is 33.2 Å². The third kappa shape index (κ3) is 3.77. The number of rotatable bonds is 4. The van der Waals surface area contributed by atoms with Crippen LogP contribution in [0.3, 0.4) is 0 Å². The second-order valence-corrected chi connectivity index (χ2v) is 11.0. The zero-order valence-electron chi connectivity index (χ0n) is 18.8. The van der Waals surface area contributed by atoms with Crippen molar-refractivity contribution in [2.75, 3.05) is 31.3 Å². The molecule has 0 radical (unpaired) electrons. The van der Waals surface area contributed by atoms with Crippen LogP contribution in [-0.4, -0.2) is 66.7 Å². The Morgan fingerprint density at radius 3 is 2.53 bits per heavy atom. The van der Waals surface area contributed by atoms with Crippen LogP contribution in [0, 0.1) is 11.2 Å². The molecule has 1 spiro atoms. The molecular weight excluding hydrogens is 465 g/mol. The van der Waals surface area contributed by atoms with Gasteiger partial charge in [-0.05, 0) is 37.3 Å². The van der Waals surface area contributed by atoms with Crippen molar-refractivity contribution in [3.05, 3.63) is 53.6 Å². The highest BCUT2D eigenvalue weighted by Gasteiger charge is 2.63. The van der Waals surface area contributed by atoms with Gasteiger partial charge in [0.05, 0.1) is 24.6 Å². The average molecular weight is 490 g/mol. The zero-order chi connectivity index (χ0) is 24.9. The molecule has 0 bridgehead atoms. The molecule has 1 atom stereocenters. The Kier molecular flexibility index (Phi) is 5.59. The molecule has 12 heteroatoms. The summed E-state index contributed by atoms with van der Waals surface area (Å²) in [5.74, 6) is -1.79. The van der Waals surface area contributed by atoms with E-state index in [4.69, 9.17) is 10.1 Å². The van der Waals surface area contributed by atoms with Gasteiger partial charge < -0.3 is 20.3 Å². The zero-order valence-corrected chi connectivity index (χ0v) is 19.6. The topological polar surface area (TPSA) is 142 Å². The number of carbonyl (C=O) groups excluding carboxylic acids is 2. The maximum Gasteiger partial charge on any atom is 0.274 e. The highest BCUT2D eigenvalue weighted by molar-refractivity contribution is 7.93. The number of hydrogen-bond acceptors (Lipinski definition) is 7. The first kappa shape index (κ1) is 23.6. The number of hydrogen-bond donors (Lipinski definition) is 3. The maximum atomic E-state index is 14.9. The van der Waals surface area contributed by atoms with Gasteiger partial charge in [-0.25, -0.2) is 17.8 Å². The first-order valence-corrected chi connectivity index (χ1v) is 12.0. The molecule has 1 aromatic carbocycles. The van der Waals surface area contributed by atoms with E-state index < -0.39 is 37.6 Å². The van der Waals surface area contributed by atoms with Crippen molar-refractivity contribution in [2.24, 2.45) is 0 Å². The summed E-state index contributed by atoms with van der Waals surface area (Å²) >= 11 is 0. The Morgan fingerprint density at radius 2 is 1.97 bits per heavy atom. The molecule has 2 fully saturated rings. The second-order valence-electron chi connectivity index (χ2n) is 8.69. The first-order chi connectivity index (χ1) is 15.9. The molecule has 34 heavy (non-hydrogen) atoms. The minimum atomic E-state index is -3.92. The lowest BCUT2D eigenvalue weighted by Crippen LogP contribution is -2.78. The molecule has 0 aliphatic carbocycles. The summed E-state index contributed by atoms with van der Waals surface area (Å²) in [4.78, 5) is 29.5. The van der Waals surface area contributed by atoms with Crippen molar-refractivity contribution < 1.29 is 27.1 Å². The molecule has 2 aromatic rings. The largest absolute Gasteiger partial charge is 0.495 e. The van der Waals surface area contributed by atoms with E-state index in [9.17, 15) is 22.4 Å². The van der Waals surface area contributed by atoms with Crippen molar-refractivity contribution in [2.45, 2.75) is 24.1 Å². The van der Waals surface area contributed by atoms with Gasteiger partial charge in [0.15, 0.2) is 14.6 Å². The van der Waals surface area contributed by atoms with Crippen molar-refractivity contribution in [3.63, 3.8) is 0 Å². The average Bonchev–Trinajstić information content (AvgIpc) is 2.72. The van der Waals surface area contributed by atoms with E-state index in [0.29, 0.717) is 5.75 Å². The van der Waals surface area contributed by atoms with Gasteiger partial charge in [0.1, 0.15) is 23.1 Å². The van der Waals surface area contributed by atoms with Gasteiger partial charge in [-0.2, -0.15) is 0 Å². The standard InChI is InChI=1S/C22H24FN5O5S/c1-13(29)28-10-22(11-28)20(24)27-21(2,12-34(22,31)32)16-8-14(4-6-17(16)23)26-19(30)18-7-5-15(33-3)9-25-18/h4-9H,10-12H2,1-3H3,(H2,24,27)(H,26,30)/t21-/m0/s1. The van der Waals surface area contributed by atoms with E-state index in [1.54, 1.807) is 6.07 Å². The number of sulfone groups is 1. The number of nitrogens with zero attached hydrogens (tertiary/aromatic N) is 2. The molecule has 2 aliphatic rings. The quantitative estimate of drug-likeness (QED) is 0.588. The van der Waals surface area contributed by atoms with Crippen LogP contribution in [0.2, 0.25) is 0 Å². The maximum absolute atomic E-state index is 14.9. The predicted octanol–water partition coefficient (Wildman–Crippen LogP) is 1.29. The van der Waals surface area contributed by atoms with E-state index in [-0.39, 0.29) is 41.8 Å². The molecule has 0 saturated carbocycles. The van der Waals surface area contributed by atoms with E-state index in [1.807, 2.05) is 0 Å². The SMILES string of the molecule is COc1ccc(C(=O)Nc2ccc(F)c([C@]3(C)CS(=O)(=O)C4(CN(C(C)=O)C4)C(=N)N3)c2)nc1. The number of benzene rings is 1. The fraction of sp³-hybridized carbons (Fsp3) is 0.364. The Hall–Kier alpha value is -3.54. The Labute approximate surface area is 195 Å². The molecule has 3 heterocycles. The lowest BCUT2D eigenvalue weighted by atomic mass is 9.89. The summed E-state index contributed by atoms with van der Waals surface area (Å²) in [5.41, 5.74) is -1.13. The Morgan fingerprint density at radius 1 is 1.26 bits per heavy atom. The minimum Gasteiger partial charge on any atom is -0.495 e. The van der Waals surface area contributed by atoms with Gasteiger partial charge in [-0.1, -0.05) is 0 Å². The van der Waals surface area contributed by atoms with Crippen molar-refractivity contribution in [3.8, 4) is 5.75 Å². The normalized spacial score (nSPS) is 22.5. The third-order valence-corrected chi connectivity index (χ3v) is 8.90. The number of pyridine rings is 1. The van der Waals surface area contributed by atoms with Gasteiger partial charge in [-0.3, -0.25) is 15.0 Å². The molecule has 1 aromatic heterocycles. The summed E-state index contributed by atoms with van der Waals surface area (Å²) in [6, 6.07) is 6.86. The van der Waals surface area contributed by atoms with E-state index in [1.165, 1.54) is 50.3 Å². The molecule has 2 amide bonds. The molecule has 4 rings (SSSR count). The van der Waals surface area contributed by atoms with Gasteiger partial charge in [0, 0.05) is 31.3 Å². The van der Waals surface area contributed by atoms with Crippen LogP contribution in [0.25, 0.3) is 0 Å². The number of methoxy groups -OCH3 is 1. The smallest absolute Gasteiger partial charge is 0.274 e. The van der Waals surface area contributed by atoms with Gasteiger partial charge in [0.2, 0.25) is 5.91 Å². The van der Waals surface area contributed by atoms with Gasteiger partial charge >= 0.3 is 0 Å². The number of halogens is 1. The Balaban J connectivity index is 1.59. The molecule has 180 valence electrons. The van der Waals surface area contributed by atoms with Crippen LogP contribution in [0.5, 0.6) is 5.75 Å². The van der Waals surface area contributed by atoms with Crippen molar-refractivity contribution in [1.82, 2.24) is 15.2 Å². The highest BCUT2D eigenvalue weighted by Crippen LogP contribution is 2.40. The highest BCUT2D eigenvalue weighted by atomic mass is 32.2. The van der Waals surface area contributed by atoms with Crippen LogP contribution in [-0.2, 0) is 20.2 Å². The number of aromatic nitrogens is 1. The fourth-order valence-corrected chi connectivity index (χ4v) is 6.58. The number of ether oxygens (including phenoxy) is 1. The number of nitrogens with one attached hydrogen (secondary N) is 3. The number of carbonyl (C=O) groups is 2. The van der Waals surface area contributed by atoms with Gasteiger partial charge in [0.25, 0.3) is 5.91 Å². The predicted molar refractivity (Wildman–Crippen MR) is 122 cm³/mol. The number of amides is 2. The summed E-state index contributed by atoms with van der Waals surface area (Å²) in [5, 5.41) is 13.9. The van der Waals surface area contributed by atoms with Crippen LogP contribution < -0.4 is 15.4 Å². The third-order valence-electron chi connectivity index (χ3n) is 6.29. The number of likely N-dealkylation sites (tertiary alicyclic amines) is 1. The summed E-state index contributed by atoms with van der Waals surface area (Å²) in [6.45, 7) is 2.60. The van der Waals surface area contributed by atoms with Crippen LogP contribution in [0.4, 0.5) is 10.1 Å². The van der Waals surface area contributed by atoms with Gasteiger partial charge in [-0.15, -0.1) is 0 Å². The van der Waals surface area contributed by atoms with E-state index >= 15 is 0 Å². The second kappa shape index (κ2) is 8.05. The minimum absolute atomic E-state index is 0.0149. The van der Waals surface area contributed by atoms with Crippen LogP contribution in [0.15, 0.2) is 36.5 Å². The van der Waals surface area contributed by atoms with E-state index in [2.05, 4.69) is 15.6 Å². The lowest BCUT2D eigenvalue weighted by molar-refractivity contribution is -0.132. The fourth-order valence-electron chi connectivity index (χ4n) is 4.25. The monoisotopic (exact) mass is 489 g/mol. The summed E-state index contributed by atoms with van der Waals surface area (Å²) < 4.78 is 44.9. The molecule has 10 nitrogen and oxygen atoms in total. The van der Waals surface area contributed by atoms with E-state index in [0.717, 1.165) is 6.07 Å². The molecule has 2 saturated heterocycles. The van der Waals surface area contributed by atoms with Crippen molar-refractivity contribution in [1.29, 1.82) is 5.41 Å².